The molecule has 1 aliphatic heterocycles. The van der Waals surface area contributed by atoms with Crippen LogP contribution in [0, 0.1) is 0 Å². The van der Waals surface area contributed by atoms with Crippen molar-refractivity contribution in [1.29, 1.82) is 0 Å². The van der Waals surface area contributed by atoms with Crippen LogP contribution in [0.15, 0.2) is 33.9 Å². The standard InChI is InChI=1S/C14H16N2O3S/c1-10(13(17)16-6-8-18-9-7-16)20-14-15-11-4-2-3-5-12(11)19-14/h2-5,10H,6-9H2,1H3. The van der Waals surface area contributed by atoms with Crippen molar-refractivity contribution in [3.05, 3.63) is 24.3 Å². The maximum absolute atomic E-state index is 12.3. The van der Waals surface area contributed by atoms with Crippen LogP contribution in [0.25, 0.3) is 11.1 Å². The Morgan fingerprint density at radius 1 is 1.35 bits per heavy atom. The highest BCUT2D eigenvalue weighted by molar-refractivity contribution is 8.00. The molecule has 1 aliphatic rings. The number of thioether (sulfide) groups is 1. The maximum Gasteiger partial charge on any atom is 0.257 e. The zero-order chi connectivity index (χ0) is 13.9. The van der Waals surface area contributed by atoms with Gasteiger partial charge < -0.3 is 14.1 Å². The number of hydrogen-bond acceptors (Lipinski definition) is 5. The fourth-order valence-corrected chi connectivity index (χ4v) is 2.99. The van der Waals surface area contributed by atoms with Crippen molar-refractivity contribution in [2.24, 2.45) is 0 Å². The molecule has 0 spiro atoms. The molecule has 1 aromatic carbocycles. The zero-order valence-corrected chi connectivity index (χ0v) is 12.1. The van der Waals surface area contributed by atoms with E-state index in [9.17, 15) is 4.79 Å². The first-order chi connectivity index (χ1) is 9.74. The highest BCUT2D eigenvalue weighted by Gasteiger charge is 2.24. The van der Waals surface area contributed by atoms with E-state index < -0.39 is 0 Å². The molecule has 0 aliphatic carbocycles. The number of nitrogens with zero attached hydrogens (tertiary/aromatic N) is 2. The monoisotopic (exact) mass is 292 g/mol. The number of carbonyl (C=O) groups excluding carboxylic acids is 1. The van der Waals surface area contributed by atoms with Crippen LogP contribution in [0.5, 0.6) is 0 Å². The van der Waals surface area contributed by atoms with Crippen molar-refractivity contribution in [2.45, 2.75) is 17.4 Å². The fraction of sp³-hybridized carbons (Fsp3) is 0.429. The van der Waals surface area contributed by atoms with Crippen molar-refractivity contribution < 1.29 is 13.9 Å². The minimum atomic E-state index is -0.207. The van der Waals surface area contributed by atoms with E-state index in [1.807, 2.05) is 36.1 Å². The number of carbonyl (C=O) groups is 1. The molecule has 0 N–H and O–H groups in total. The summed E-state index contributed by atoms with van der Waals surface area (Å²) in [6, 6.07) is 7.60. The second-order valence-electron chi connectivity index (χ2n) is 4.65. The first kappa shape index (κ1) is 13.5. The van der Waals surface area contributed by atoms with E-state index in [1.165, 1.54) is 11.8 Å². The molecular formula is C14H16N2O3S. The summed E-state index contributed by atoms with van der Waals surface area (Å²) in [7, 11) is 0. The van der Waals surface area contributed by atoms with Crippen LogP contribution in [0.4, 0.5) is 0 Å². The largest absolute Gasteiger partial charge is 0.431 e. The van der Waals surface area contributed by atoms with Gasteiger partial charge in [-0.15, -0.1) is 0 Å². The number of amides is 1. The Kier molecular flexibility index (Phi) is 3.93. The van der Waals surface area contributed by atoms with Gasteiger partial charge in [0.1, 0.15) is 5.52 Å². The quantitative estimate of drug-likeness (QED) is 0.812. The zero-order valence-electron chi connectivity index (χ0n) is 11.2. The number of rotatable bonds is 3. The van der Waals surface area contributed by atoms with E-state index in [2.05, 4.69) is 4.98 Å². The Morgan fingerprint density at radius 2 is 2.10 bits per heavy atom. The van der Waals surface area contributed by atoms with E-state index in [-0.39, 0.29) is 11.2 Å². The van der Waals surface area contributed by atoms with Gasteiger partial charge in [-0.2, -0.15) is 0 Å². The van der Waals surface area contributed by atoms with Crippen molar-refractivity contribution in [3.63, 3.8) is 0 Å². The number of fused-ring (bicyclic) bond motifs is 1. The Balaban J connectivity index is 1.68. The van der Waals surface area contributed by atoms with Crippen molar-refractivity contribution in [2.75, 3.05) is 26.3 Å². The van der Waals surface area contributed by atoms with Crippen LogP contribution in [-0.4, -0.2) is 47.3 Å². The highest BCUT2D eigenvalue weighted by atomic mass is 32.2. The molecule has 0 radical (unpaired) electrons. The Morgan fingerprint density at radius 3 is 2.85 bits per heavy atom. The molecule has 3 rings (SSSR count). The van der Waals surface area contributed by atoms with Gasteiger partial charge in [0.25, 0.3) is 5.22 Å². The molecule has 6 heteroatoms. The molecule has 1 unspecified atom stereocenters. The van der Waals surface area contributed by atoms with Crippen LogP contribution >= 0.6 is 11.8 Å². The molecule has 1 amide bonds. The van der Waals surface area contributed by atoms with Crippen molar-refractivity contribution >= 4 is 28.8 Å². The lowest BCUT2D eigenvalue weighted by molar-refractivity contribution is -0.134. The van der Waals surface area contributed by atoms with E-state index in [4.69, 9.17) is 9.15 Å². The van der Waals surface area contributed by atoms with Crippen molar-refractivity contribution in [1.82, 2.24) is 9.88 Å². The average Bonchev–Trinajstić information content (AvgIpc) is 2.89. The molecule has 20 heavy (non-hydrogen) atoms. The Labute approximate surface area is 121 Å². The third-order valence-electron chi connectivity index (χ3n) is 3.22. The molecule has 5 nitrogen and oxygen atoms in total. The summed E-state index contributed by atoms with van der Waals surface area (Å²) < 4.78 is 10.9. The van der Waals surface area contributed by atoms with E-state index >= 15 is 0 Å². The van der Waals surface area contributed by atoms with Gasteiger partial charge in [0.2, 0.25) is 5.91 Å². The summed E-state index contributed by atoms with van der Waals surface area (Å²) in [4.78, 5) is 18.5. The Bertz CT molecular complexity index is 574. The summed E-state index contributed by atoms with van der Waals surface area (Å²) >= 11 is 1.36. The molecule has 106 valence electrons. The average molecular weight is 292 g/mol. The minimum absolute atomic E-state index is 0.112. The number of aromatic nitrogens is 1. The number of para-hydroxylation sites is 2. The number of benzene rings is 1. The third-order valence-corrected chi connectivity index (χ3v) is 4.15. The second-order valence-corrected chi connectivity index (χ2v) is 5.94. The number of hydrogen-bond donors (Lipinski definition) is 0. The second kappa shape index (κ2) is 5.85. The summed E-state index contributed by atoms with van der Waals surface area (Å²) in [6.45, 7) is 4.45. The summed E-state index contributed by atoms with van der Waals surface area (Å²) in [5.41, 5.74) is 1.57. The molecule has 2 heterocycles. The Hall–Kier alpha value is -1.53. The molecule has 1 atom stereocenters. The van der Waals surface area contributed by atoms with Crippen LogP contribution < -0.4 is 0 Å². The van der Waals surface area contributed by atoms with Gasteiger partial charge in [-0.25, -0.2) is 4.98 Å². The number of morpholine rings is 1. The number of ether oxygens (including phenoxy) is 1. The third kappa shape index (κ3) is 2.81. The van der Waals surface area contributed by atoms with E-state index in [0.717, 1.165) is 11.1 Å². The lowest BCUT2D eigenvalue weighted by atomic mass is 10.3. The van der Waals surface area contributed by atoms with Gasteiger partial charge in [0.15, 0.2) is 5.58 Å². The van der Waals surface area contributed by atoms with Crippen LogP contribution in [0.3, 0.4) is 0 Å². The summed E-state index contributed by atoms with van der Waals surface area (Å²) in [6.07, 6.45) is 0. The molecule has 0 saturated carbocycles. The summed E-state index contributed by atoms with van der Waals surface area (Å²) in [5.74, 6) is 0.112. The normalized spacial score (nSPS) is 17.4. The van der Waals surface area contributed by atoms with E-state index in [1.54, 1.807) is 0 Å². The molecule has 1 aromatic heterocycles. The van der Waals surface area contributed by atoms with E-state index in [0.29, 0.717) is 31.5 Å². The van der Waals surface area contributed by atoms with Crippen molar-refractivity contribution in [3.8, 4) is 0 Å². The first-order valence-corrected chi connectivity index (χ1v) is 7.51. The molecule has 0 bridgehead atoms. The van der Waals surface area contributed by atoms with Gasteiger partial charge in [-0.1, -0.05) is 23.9 Å². The summed E-state index contributed by atoms with van der Waals surface area (Å²) in [5, 5.41) is 0.335. The predicted octanol–water partition coefficient (Wildman–Crippen LogP) is 2.17. The molecule has 2 aromatic rings. The van der Waals surface area contributed by atoms with Gasteiger partial charge in [0, 0.05) is 13.1 Å². The predicted molar refractivity (Wildman–Crippen MR) is 76.7 cm³/mol. The smallest absolute Gasteiger partial charge is 0.257 e. The highest BCUT2D eigenvalue weighted by Crippen LogP contribution is 2.27. The van der Waals surface area contributed by atoms with Gasteiger partial charge in [-0.05, 0) is 19.1 Å². The lowest BCUT2D eigenvalue weighted by Gasteiger charge is -2.28. The topological polar surface area (TPSA) is 55.6 Å². The van der Waals surface area contributed by atoms with Gasteiger partial charge >= 0.3 is 0 Å². The SMILES string of the molecule is CC(Sc1nc2ccccc2o1)C(=O)N1CCOCC1. The van der Waals surface area contributed by atoms with Crippen LogP contribution in [0.1, 0.15) is 6.92 Å². The van der Waals surface area contributed by atoms with Crippen LogP contribution in [0.2, 0.25) is 0 Å². The van der Waals surface area contributed by atoms with Gasteiger partial charge in [0.05, 0.1) is 18.5 Å². The van der Waals surface area contributed by atoms with Crippen LogP contribution in [-0.2, 0) is 9.53 Å². The number of oxazole rings is 1. The fourth-order valence-electron chi connectivity index (χ4n) is 2.14. The minimum Gasteiger partial charge on any atom is -0.431 e. The molecule has 1 fully saturated rings. The first-order valence-electron chi connectivity index (χ1n) is 6.63. The van der Waals surface area contributed by atoms with Gasteiger partial charge in [-0.3, -0.25) is 4.79 Å². The maximum atomic E-state index is 12.3. The molecule has 1 saturated heterocycles. The lowest BCUT2D eigenvalue weighted by Crippen LogP contribution is -2.44. The molecular weight excluding hydrogens is 276 g/mol.